The summed E-state index contributed by atoms with van der Waals surface area (Å²) < 4.78 is 1.89. The fourth-order valence-corrected chi connectivity index (χ4v) is 2.14. The minimum atomic E-state index is -0.179. The van der Waals surface area contributed by atoms with E-state index in [0.29, 0.717) is 13.1 Å². The lowest BCUT2D eigenvalue weighted by atomic mass is 10.1. The van der Waals surface area contributed by atoms with Gasteiger partial charge in [0, 0.05) is 38.4 Å². The van der Waals surface area contributed by atoms with Gasteiger partial charge in [-0.3, -0.25) is 4.68 Å². The Labute approximate surface area is 114 Å². The number of carbonyl (C=O) groups is 1. The standard InChI is InChI=1S/C13H24N4O2/c1-5-11-10(12(6-2)17(4)15-11)9-14-13(19)16(3)7-8-18/h18H,5-9H2,1-4H3,(H,14,19). The quantitative estimate of drug-likeness (QED) is 0.797. The number of rotatable bonds is 6. The maximum absolute atomic E-state index is 11.8. The van der Waals surface area contributed by atoms with Crippen molar-refractivity contribution in [2.24, 2.45) is 7.05 Å². The minimum Gasteiger partial charge on any atom is -0.395 e. The van der Waals surface area contributed by atoms with Crippen LogP contribution in [0.2, 0.25) is 0 Å². The van der Waals surface area contributed by atoms with Crippen molar-refractivity contribution >= 4 is 6.03 Å². The van der Waals surface area contributed by atoms with Crippen molar-refractivity contribution in [1.29, 1.82) is 0 Å². The molecule has 0 bridgehead atoms. The van der Waals surface area contributed by atoms with Gasteiger partial charge in [0.2, 0.25) is 0 Å². The van der Waals surface area contributed by atoms with Crippen LogP contribution >= 0.6 is 0 Å². The van der Waals surface area contributed by atoms with Gasteiger partial charge in [-0.2, -0.15) is 5.10 Å². The van der Waals surface area contributed by atoms with E-state index in [4.69, 9.17) is 5.11 Å². The zero-order valence-electron chi connectivity index (χ0n) is 12.2. The first-order valence-electron chi connectivity index (χ1n) is 6.68. The second kappa shape index (κ2) is 7.13. The Morgan fingerprint density at radius 2 is 2.11 bits per heavy atom. The molecule has 1 heterocycles. The van der Waals surface area contributed by atoms with Gasteiger partial charge in [0.15, 0.2) is 0 Å². The Morgan fingerprint density at radius 1 is 1.42 bits per heavy atom. The topological polar surface area (TPSA) is 70.4 Å². The van der Waals surface area contributed by atoms with E-state index < -0.39 is 0 Å². The lowest BCUT2D eigenvalue weighted by molar-refractivity contribution is 0.190. The number of aromatic nitrogens is 2. The summed E-state index contributed by atoms with van der Waals surface area (Å²) in [5, 5.41) is 16.1. The zero-order chi connectivity index (χ0) is 14.4. The van der Waals surface area contributed by atoms with Gasteiger partial charge in [-0.05, 0) is 12.8 Å². The van der Waals surface area contributed by atoms with Crippen molar-refractivity contribution in [3.8, 4) is 0 Å². The predicted octanol–water partition coefficient (Wildman–Crippen LogP) is 0.679. The molecule has 1 aromatic heterocycles. The van der Waals surface area contributed by atoms with Gasteiger partial charge in [0.1, 0.15) is 0 Å². The predicted molar refractivity (Wildman–Crippen MR) is 73.9 cm³/mol. The number of hydrogen-bond acceptors (Lipinski definition) is 3. The molecule has 0 saturated heterocycles. The van der Waals surface area contributed by atoms with E-state index in [2.05, 4.69) is 24.3 Å². The van der Waals surface area contributed by atoms with E-state index >= 15 is 0 Å². The Hall–Kier alpha value is -1.56. The molecule has 0 aliphatic carbocycles. The number of aliphatic hydroxyl groups excluding tert-OH is 1. The largest absolute Gasteiger partial charge is 0.395 e. The highest BCUT2D eigenvalue weighted by Gasteiger charge is 2.15. The first-order valence-corrected chi connectivity index (χ1v) is 6.68. The van der Waals surface area contributed by atoms with Crippen molar-refractivity contribution in [3.05, 3.63) is 17.0 Å². The van der Waals surface area contributed by atoms with Gasteiger partial charge >= 0.3 is 6.03 Å². The number of nitrogens with one attached hydrogen (secondary N) is 1. The Balaban J connectivity index is 2.74. The van der Waals surface area contributed by atoms with E-state index in [1.54, 1.807) is 7.05 Å². The molecule has 2 amide bonds. The minimum absolute atomic E-state index is 0.0305. The molecule has 0 fully saturated rings. The molecule has 6 nitrogen and oxygen atoms in total. The summed E-state index contributed by atoms with van der Waals surface area (Å²) in [6.07, 6.45) is 1.74. The number of urea groups is 1. The molecule has 1 rings (SSSR count). The molecule has 0 aromatic carbocycles. The summed E-state index contributed by atoms with van der Waals surface area (Å²) in [5.41, 5.74) is 3.30. The molecule has 108 valence electrons. The second-order valence-electron chi connectivity index (χ2n) is 4.51. The van der Waals surface area contributed by atoms with E-state index in [0.717, 1.165) is 29.8 Å². The molecule has 0 spiro atoms. The summed E-state index contributed by atoms with van der Waals surface area (Å²) in [4.78, 5) is 13.3. The summed E-state index contributed by atoms with van der Waals surface area (Å²) in [5.74, 6) is 0. The van der Waals surface area contributed by atoms with Crippen LogP contribution in [-0.2, 0) is 26.4 Å². The maximum Gasteiger partial charge on any atom is 0.317 e. The molecular weight excluding hydrogens is 244 g/mol. The molecule has 6 heteroatoms. The van der Waals surface area contributed by atoms with Crippen LogP contribution in [0.4, 0.5) is 4.79 Å². The first-order chi connectivity index (χ1) is 9.04. The lowest BCUT2D eigenvalue weighted by Gasteiger charge is -2.16. The number of amides is 2. The monoisotopic (exact) mass is 268 g/mol. The van der Waals surface area contributed by atoms with Crippen molar-refractivity contribution in [2.75, 3.05) is 20.2 Å². The number of hydrogen-bond donors (Lipinski definition) is 2. The number of aliphatic hydroxyl groups is 1. The van der Waals surface area contributed by atoms with Crippen LogP contribution in [0, 0.1) is 0 Å². The zero-order valence-corrected chi connectivity index (χ0v) is 12.2. The van der Waals surface area contributed by atoms with Crippen LogP contribution in [0.15, 0.2) is 0 Å². The SMILES string of the molecule is CCc1nn(C)c(CC)c1CNC(=O)N(C)CCO. The molecule has 0 atom stereocenters. The lowest BCUT2D eigenvalue weighted by Crippen LogP contribution is -2.38. The Bertz CT molecular complexity index is 429. The molecule has 19 heavy (non-hydrogen) atoms. The van der Waals surface area contributed by atoms with Crippen LogP contribution in [0.3, 0.4) is 0 Å². The summed E-state index contributed by atoms with van der Waals surface area (Å²) >= 11 is 0. The van der Waals surface area contributed by atoms with Gasteiger partial charge in [-0.1, -0.05) is 13.8 Å². The molecule has 0 unspecified atom stereocenters. The van der Waals surface area contributed by atoms with Crippen LogP contribution in [-0.4, -0.2) is 46.0 Å². The Kier molecular flexibility index (Phi) is 5.82. The normalized spacial score (nSPS) is 10.6. The van der Waals surface area contributed by atoms with Gasteiger partial charge in [-0.15, -0.1) is 0 Å². The van der Waals surface area contributed by atoms with E-state index in [1.165, 1.54) is 4.90 Å². The third-order valence-electron chi connectivity index (χ3n) is 3.23. The van der Waals surface area contributed by atoms with Gasteiger partial charge in [0.25, 0.3) is 0 Å². The molecule has 0 aliphatic rings. The van der Waals surface area contributed by atoms with Crippen molar-refractivity contribution in [3.63, 3.8) is 0 Å². The average Bonchev–Trinajstić information content (AvgIpc) is 2.71. The van der Waals surface area contributed by atoms with E-state index in [-0.39, 0.29) is 12.6 Å². The molecule has 1 aromatic rings. The highest BCUT2D eigenvalue weighted by atomic mass is 16.3. The fourth-order valence-electron chi connectivity index (χ4n) is 2.14. The maximum atomic E-state index is 11.8. The fraction of sp³-hybridized carbons (Fsp3) is 0.692. The van der Waals surface area contributed by atoms with Crippen molar-refractivity contribution in [1.82, 2.24) is 20.0 Å². The molecule has 2 N–H and O–H groups in total. The molecule has 0 saturated carbocycles. The van der Waals surface area contributed by atoms with Crippen molar-refractivity contribution in [2.45, 2.75) is 33.2 Å². The third-order valence-corrected chi connectivity index (χ3v) is 3.23. The van der Waals surface area contributed by atoms with Gasteiger partial charge in [-0.25, -0.2) is 4.79 Å². The average molecular weight is 268 g/mol. The first kappa shape index (κ1) is 15.5. The van der Waals surface area contributed by atoms with E-state index in [1.807, 2.05) is 11.7 Å². The number of aryl methyl sites for hydroxylation is 2. The van der Waals surface area contributed by atoms with Crippen LogP contribution < -0.4 is 5.32 Å². The second-order valence-corrected chi connectivity index (χ2v) is 4.51. The van der Waals surface area contributed by atoms with Crippen LogP contribution in [0.1, 0.15) is 30.8 Å². The number of nitrogens with zero attached hydrogens (tertiary/aromatic N) is 3. The smallest absolute Gasteiger partial charge is 0.317 e. The van der Waals surface area contributed by atoms with Crippen LogP contribution in [0.5, 0.6) is 0 Å². The number of carbonyl (C=O) groups excluding carboxylic acids is 1. The van der Waals surface area contributed by atoms with Gasteiger partial charge < -0.3 is 15.3 Å². The third kappa shape index (κ3) is 3.70. The number of likely N-dealkylation sites (N-methyl/N-ethyl adjacent to an activating group) is 1. The highest BCUT2D eigenvalue weighted by Crippen LogP contribution is 2.15. The van der Waals surface area contributed by atoms with Crippen molar-refractivity contribution < 1.29 is 9.90 Å². The van der Waals surface area contributed by atoms with E-state index in [9.17, 15) is 4.79 Å². The molecule has 0 radical (unpaired) electrons. The Morgan fingerprint density at radius 3 is 2.63 bits per heavy atom. The summed E-state index contributed by atoms with van der Waals surface area (Å²) in [6, 6.07) is -0.179. The van der Waals surface area contributed by atoms with Gasteiger partial charge in [0.05, 0.1) is 12.3 Å². The molecular formula is C13H24N4O2. The highest BCUT2D eigenvalue weighted by molar-refractivity contribution is 5.73. The summed E-state index contributed by atoms with van der Waals surface area (Å²) in [7, 11) is 3.59. The summed E-state index contributed by atoms with van der Waals surface area (Å²) in [6.45, 7) is 4.93. The van der Waals surface area contributed by atoms with Crippen LogP contribution in [0.25, 0.3) is 0 Å². The molecule has 0 aliphatic heterocycles.